The van der Waals surface area contributed by atoms with Crippen molar-refractivity contribution in [2.75, 3.05) is 18.7 Å². The van der Waals surface area contributed by atoms with Gasteiger partial charge in [-0.25, -0.2) is 8.42 Å². The average molecular weight is 283 g/mol. The van der Waals surface area contributed by atoms with E-state index in [2.05, 4.69) is 5.32 Å². The van der Waals surface area contributed by atoms with Crippen LogP contribution in [0.5, 0.6) is 0 Å². The van der Waals surface area contributed by atoms with Gasteiger partial charge in [-0.05, 0) is 25.3 Å². The summed E-state index contributed by atoms with van der Waals surface area (Å²) in [7, 11) is -1.33. The lowest BCUT2D eigenvalue weighted by Gasteiger charge is -2.22. The second kappa shape index (κ2) is 5.92. The fourth-order valence-corrected chi connectivity index (χ4v) is 4.14. The minimum atomic E-state index is -2.99. The zero-order chi connectivity index (χ0) is 13.9. The van der Waals surface area contributed by atoms with Crippen LogP contribution in [0.4, 0.5) is 5.69 Å². The lowest BCUT2D eigenvalue weighted by molar-refractivity contribution is 0.185. The molecule has 106 valence electrons. The number of rotatable bonds is 5. The maximum atomic E-state index is 11.8. The van der Waals surface area contributed by atoms with Crippen molar-refractivity contribution in [2.24, 2.45) is 0 Å². The maximum Gasteiger partial charge on any atom is 0.152 e. The van der Waals surface area contributed by atoms with Gasteiger partial charge in [0.05, 0.1) is 11.9 Å². The zero-order valence-electron chi connectivity index (χ0n) is 11.4. The summed E-state index contributed by atoms with van der Waals surface area (Å²) in [6.45, 7) is 0.527. The van der Waals surface area contributed by atoms with E-state index in [9.17, 15) is 8.42 Å². The van der Waals surface area contributed by atoms with Crippen molar-refractivity contribution in [2.45, 2.75) is 37.2 Å². The Bertz CT molecular complexity index is 527. The van der Waals surface area contributed by atoms with E-state index in [0.29, 0.717) is 6.61 Å². The number of nitrogens with one attached hydrogen (secondary N) is 1. The summed E-state index contributed by atoms with van der Waals surface area (Å²) in [6.07, 6.45) is 3.95. The van der Waals surface area contributed by atoms with Crippen LogP contribution in [0, 0.1) is 0 Å². The predicted octanol–water partition coefficient (Wildman–Crippen LogP) is 2.21. The smallest absolute Gasteiger partial charge is 0.152 e. The number of sulfone groups is 1. The molecule has 2 unspecified atom stereocenters. The van der Waals surface area contributed by atoms with Crippen molar-refractivity contribution < 1.29 is 13.2 Å². The average Bonchev–Trinajstić information content (AvgIpc) is 2.80. The van der Waals surface area contributed by atoms with E-state index in [1.807, 2.05) is 24.3 Å². The van der Waals surface area contributed by atoms with Gasteiger partial charge in [0.2, 0.25) is 0 Å². The van der Waals surface area contributed by atoms with Crippen molar-refractivity contribution in [1.29, 1.82) is 0 Å². The van der Waals surface area contributed by atoms with Gasteiger partial charge in [-0.1, -0.05) is 18.2 Å². The molecule has 1 saturated carbocycles. The summed E-state index contributed by atoms with van der Waals surface area (Å²) in [5.41, 5.74) is 2.04. The molecule has 1 aliphatic rings. The van der Waals surface area contributed by atoms with Gasteiger partial charge in [-0.2, -0.15) is 0 Å². The Morgan fingerprint density at radius 2 is 2.05 bits per heavy atom. The van der Waals surface area contributed by atoms with Crippen LogP contribution in [0.25, 0.3) is 0 Å². The summed E-state index contributed by atoms with van der Waals surface area (Å²) >= 11 is 0. The number of anilines is 1. The first-order valence-electron chi connectivity index (χ1n) is 6.54. The third kappa shape index (κ3) is 3.48. The van der Waals surface area contributed by atoms with Gasteiger partial charge in [-0.3, -0.25) is 0 Å². The van der Waals surface area contributed by atoms with Crippen LogP contribution < -0.4 is 5.32 Å². The molecule has 0 aromatic heterocycles. The minimum Gasteiger partial charge on any atom is -0.381 e. The Hall–Kier alpha value is -1.07. The van der Waals surface area contributed by atoms with Crippen molar-refractivity contribution in [1.82, 2.24) is 0 Å². The van der Waals surface area contributed by atoms with E-state index < -0.39 is 9.84 Å². The molecule has 1 fully saturated rings. The largest absolute Gasteiger partial charge is 0.381 e. The molecule has 0 heterocycles. The third-order valence-electron chi connectivity index (χ3n) is 3.66. The molecular formula is C14H21NO3S. The van der Waals surface area contributed by atoms with Crippen LogP contribution in [0.15, 0.2) is 24.3 Å². The van der Waals surface area contributed by atoms with Gasteiger partial charge in [0, 0.05) is 30.7 Å². The van der Waals surface area contributed by atoms with Crippen LogP contribution >= 0.6 is 0 Å². The molecule has 0 bridgehead atoms. The Kier molecular flexibility index (Phi) is 4.47. The molecule has 0 spiro atoms. The van der Waals surface area contributed by atoms with Crippen LogP contribution in [0.1, 0.15) is 24.8 Å². The van der Waals surface area contributed by atoms with E-state index in [-0.39, 0.29) is 11.3 Å². The molecule has 1 aromatic carbocycles. The Morgan fingerprint density at radius 1 is 1.32 bits per heavy atom. The molecule has 0 saturated heterocycles. The molecule has 2 atom stereocenters. The molecule has 1 aromatic rings. The molecule has 4 nitrogen and oxygen atoms in total. The summed E-state index contributed by atoms with van der Waals surface area (Å²) in [5.74, 6) is 0. The lowest BCUT2D eigenvalue weighted by atomic mass is 10.1. The fraction of sp³-hybridized carbons (Fsp3) is 0.571. The van der Waals surface area contributed by atoms with Crippen molar-refractivity contribution in [3.8, 4) is 0 Å². The highest BCUT2D eigenvalue weighted by Crippen LogP contribution is 2.29. The number of para-hydroxylation sites is 1. The first-order chi connectivity index (χ1) is 9.02. The zero-order valence-corrected chi connectivity index (χ0v) is 12.2. The van der Waals surface area contributed by atoms with E-state index in [1.165, 1.54) is 6.26 Å². The van der Waals surface area contributed by atoms with Crippen LogP contribution in [-0.2, 0) is 21.2 Å². The number of hydrogen-bond acceptors (Lipinski definition) is 4. The summed E-state index contributed by atoms with van der Waals surface area (Å²) < 4.78 is 28.7. The van der Waals surface area contributed by atoms with Gasteiger partial charge in [0.1, 0.15) is 0 Å². The van der Waals surface area contributed by atoms with Crippen molar-refractivity contribution in [3.05, 3.63) is 29.8 Å². The Balaban J connectivity index is 2.17. The summed E-state index contributed by atoms with van der Waals surface area (Å²) in [4.78, 5) is 0. The predicted molar refractivity (Wildman–Crippen MR) is 77.0 cm³/mol. The minimum absolute atomic E-state index is 0.00741. The van der Waals surface area contributed by atoms with Crippen LogP contribution in [0.2, 0.25) is 0 Å². The number of methoxy groups -OCH3 is 1. The normalized spacial score (nSPS) is 23.5. The van der Waals surface area contributed by atoms with Gasteiger partial charge >= 0.3 is 0 Å². The molecule has 1 aliphatic carbocycles. The van der Waals surface area contributed by atoms with Crippen LogP contribution in [0.3, 0.4) is 0 Å². The van der Waals surface area contributed by atoms with Crippen molar-refractivity contribution in [3.63, 3.8) is 0 Å². The van der Waals surface area contributed by atoms with Gasteiger partial charge in [0.25, 0.3) is 0 Å². The molecule has 1 N–H and O–H groups in total. The van der Waals surface area contributed by atoms with Gasteiger partial charge in [0.15, 0.2) is 9.84 Å². The second-order valence-corrected chi connectivity index (χ2v) is 7.40. The molecule has 19 heavy (non-hydrogen) atoms. The summed E-state index contributed by atoms with van der Waals surface area (Å²) in [5, 5.41) is 3.12. The molecule has 5 heteroatoms. The topological polar surface area (TPSA) is 55.4 Å². The highest BCUT2D eigenvalue weighted by atomic mass is 32.2. The third-order valence-corrected chi connectivity index (χ3v) is 5.32. The quantitative estimate of drug-likeness (QED) is 0.900. The molecular weight excluding hydrogens is 262 g/mol. The standard InChI is InChI=1S/C14H21NO3S/c1-18-10-11-6-3-4-7-12(11)15-13-8-5-9-14(13)19(2,16)17/h3-4,6-7,13-15H,5,8-10H2,1-2H3. The number of benzene rings is 1. The van der Waals surface area contributed by atoms with Crippen LogP contribution in [-0.4, -0.2) is 33.1 Å². The molecule has 2 rings (SSSR count). The maximum absolute atomic E-state index is 11.8. The van der Waals surface area contributed by atoms with E-state index in [4.69, 9.17) is 4.74 Å². The van der Waals surface area contributed by atoms with Gasteiger partial charge < -0.3 is 10.1 Å². The second-order valence-electron chi connectivity index (χ2n) is 5.14. The first-order valence-corrected chi connectivity index (χ1v) is 8.50. The SMILES string of the molecule is COCc1ccccc1NC1CCCC1S(C)(=O)=O. The fourth-order valence-electron chi connectivity index (χ4n) is 2.75. The molecule has 0 amide bonds. The molecule has 0 aliphatic heterocycles. The number of hydrogen-bond donors (Lipinski definition) is 1. The lowest BCUT2D eigenvalue weighted by Crippen LogP contribution is -2.34. The monoisotopic (exact) mass is 283 g/mol. The van der Waals surface area contributed by atoms with E-state index in [0.717, 1.165) is 30.5 Å². The van der Waals surface area contributed by atoms with E-state index >= 15 is 0 Å². The number of ether oxygens (including phenoxy) is 1. The Morgan fingerprint density at radius 3 is 2.74 bits per heavy atom. The first kappa shape index (κ1) is 14.3. The summed E-state index contributed by atoms with van der Waals surface area (Å²) in [6, 6.07) is 7.89. The van der Waals surface area contributed by atoms with Crippen molar-refractivity contribution >= 4 is 15.5 Å². The molecule has 0 radical (unpaired) electrons. The van der Waals surface area contributed by atoms with Gasteiger partial charge in [-0.15, -0.1) is 0 Å². The highest BCUT2D eigenvalue weighted by Gasteiger charge is 2.34. The van der Waals surface area contributed by atoms with E-state index in [1.54, 1.807) is 7.11 Å². The Labute approximate surface area is 115 Å². The highest BCUT2D eigenvalue weighted by molar-refractivity contribution is 7.91.